The van der Waals surface area contributed by atoms with Gasteiger partial charge in [0.15, 0.2) is 0 Å². The molecule has 0 bridgehead atoms. The van der Waals surface area contributed by atoms with Gasteiger partial charge >= 0.3 is 0 Å². The molecule has 2 aliphatic carbocycles. The molecule has 0 aromatic carbocycles. The summed E-state index contributed by atoms with van der Waals surface area (Å²) in [5.74, 6) is 1.44. The molecule has 0 spiro atoms. The van der Waals surface area contributed by atoms with Crippen molar-refractivity contribution in [3.63, 3.8) is 0 Å². The highest BCUT2D eigenvalue weighted by atomic mass is 16.5. The molecule has 0 aromatic heterocycles. The second-order valence-corrected chi connectivity index (χ2v) is 5.16. The Labute approximate surface area is 90.6 Å². The molecular weight excluding hydrogens is 190 g/mol. The summed E-state index contributed by atoms with van der Waals surface area (Å²) >= 11 is 0. The van der Waals surface area contributed by atoms with Crippen LogP contribution in [0.4, 0.5) is 0 Å². The number of fused-ring (bicyclic) bond motifs is 1. The van der Waals surface area contributed by atoms with Crippen molar-refractivity contribution in [2.24, 2.45) is 17.0 Å². The summed E-state index contributed by atoms with van der Waals surface area (Å²) in [5.41, 5.74) is 8.40. The topological polar surface area (TPSA) is 58.0 Å². The lowest BCUT2D eigenvalue weighted by Gasteiger charge is -2.19. The molecule has 0 N–H and O–H groups in total. The molecule has 0 radical (unpaired) electrons. The van der Waals surface area contributed by atoms with E-state index in [4.69, 9.17) is 10.3 Å². The van der Waals surface area contributed by atoms with Crippen LogP contribution in [0.1, 0.15) is 39.5 Å². The lowest BCUT2D eigenvalue weighted by atomic mass is 9.97. The van der Waals surface area contributed by atoms with Crippen molar-refractivity contribution in [3.05, 3.63) is 10.4 Å². The quantitative estimate of drug-likeness (QED) is 0.399. The maximum Gasteiger partial charge on any atom is 0.0580 e. The van der Waals surface area contributed by atoms with Gasteiger partial charge in [-0.3, -0.25) is 0 Å². The van der Waals surface area contributed by atoms with E-state index in [1.165, 1.54) is 0 Å². The van der Waals surface area contributed by atoms with E-state index in [-0.39, 0.29) is 5.54 Å². The minimum absolute atomic E-state index is 0.124. The van der Waals surface area contributed by atoms with Crippen LogP contribution in [0.15, 0.2) is 5.11 Å². The van der Waals surface area contributed by atoms with Crippen LogP contribution in [-0.4, -0.2) is 18.2 Å². The fourth-order valence-electron chi connectivity index (χ4n) is 3.43. The normalized spacial score (nSPS) is 43.7. The van der Waals surface area contributed by atoms with E-state index in [1.54, 1.807) is 0 Å². The molecule has 0 heterocycles. The van der Waals surface area contributed by atoms with Crippen LogP contribution in [0.2, 0.25) is 0 Å². The van der Waals surface area contributed by atoms with E-state index in [0.29, 0.717) is 6.10 Å². The van der Waals surface area contributed by atoms with Crippen LogP contribution < -0.4 is 0 Å². The summed E-state index contributed by atoms with van der Waals surface area (Å²) in [4.78, 5) is 2.97. The molecule has 4 nitrogen and oxygen atoms in total. The zero-order valence-electron chi connectivity index (χ0n) is 9.52. The van der Waals surface area contributed by atoms with E-state index < -0.39 is 0 Å². The van der Waals surface area contributed by atoms with Gasteiger partial charge in [-0.25, -0.2) is 0 Å². The predicted octanol–water partition coefficient (Wildman–Crippen LogP) is 3.28. The maximum absolute atomic E-state index is 8.52. The van der Waals surface area contributed by atoms with Gasteiger partial charge in [-0.15, -0.1) is 0 Å². The van der Waals surface area contributed by atoms with Gasteiger partial charge in [-0.05, 0) is 50.0 Å². The van der Waals surface area contributed by atoms with Gasteiger partial charge in [0.25, 0.3) is 0 Å². The Morgan fingerprint density at radius 1 is 1.40 bits per heavy atom. The number of ether oxygens (including phenoxy) is 1. The molecule has 0 unspecified atom stereocenters. The molecule has 0 aliphatic heterocycles. The zero-order chi connectivity index (χ0) is 10.9. The highest BCUT2D eigenvalue weighted by Gasteiger charge is 2.46. The zero-order valence-corrected chi connectivity index (χ0v) is 9.52. The molecule has 84 valence electrons. The van der Waals surface area contributed by atoms with Crippen LogP contribution in [0, 0.1) is 11.8 Å². The standard InChI is InChI=1S/C11H19N3O/c1-3-15-10-4-8-6-11(2,13-14-12)7-9(8)5-10/h8-10H,3-7H2,1-2H3/t8-,9+,10-,11-. The molecule has 0 aromatic rings. The first-order valence-corrected chi connectivity index (χ1v) is 5.85. The third-order valence-corrected chi connectivity index (χ3v) is 3.89. The van der Waals surface area contributed by atoms with Crippen molar-refractivity contribution in [2.75, 3.05) is 6.61 Å². The minimum atomic E-state index is -0.124. The van der Waals surface area contributed by atoms with Crippen molar-refractivity contribution in [2.45, 2.75) is 51.2 Å². The van der Waals surface area contributed by atoms with Crippen LogP contribution in [0.25, 0.3) is 10.4 Å². The Balaban J connectivity index is 1.95. The first-order chi connectivity index (χ1) is 7.17. The molecule has 2 fully saturated rings. The number of nitrogens with zero attached hydrogens (tertiary/aromatic N) is 3. The molecule has 2 aliphatic rings. The molecule has 2 saturated carbocycles. The summed E-state index contributed by atoms with van der Waals surface area (Å²) in [5, 5.41) is 3.95. The van der Waals surface area contributed by atoms with Gasteiger partial charge in [0.05, 0.1) is 6.10 Å². The van der Waals surface area contributed by atoms with E-state index in [0.717, 1.165) is 44.1 Å². The Hall–Kier alpha value is -0.730. The van der Waals surface area contributed by atoms with Crippen LogP contribution in [-0.2, 0) is 4.74 Å². The largest absolute Gasteiger partial charge is 0.378 e. The predicted molar refractivity (Wildman–Crippen MR) is 58.4 cm³/mol. The third-order valence-electron chi connectivity index (χ3n) is 3.89. The second-order valence-electron chi connectivity index (χ2n) is 5.16. The summed E-state index contributed by atoms with van der Waals surface area (Å²) in [7, 11) is 0. The lowest BCUT2D eigenvalue weighted by molar-refractivity contribution is 0.0605. The highest BCUT2D eigenvalue weighted by molar-refractivity contribution is 5.02. The van der Waals surface area contributed by atoms with Gasteiger partial charge in [0, 0.05) is 17.1 Å². The molecule has 0 amide bonds. The average molecular weight is 209 g/mol. The number of hydrogen-bond acceptors (Lipinski definition) is 2. The monoisotopic (exact) mass is 209 g/mol. The molecule has 4 atom stereocenters. The average Bonchev–Trinajstić information content (AvgIpc) is 2.59. The summed E-state index contributed by atoms with van der Waals surface area (Å²) in [6, 6.07) is 0. The van der Waals surface area contributed by atoms with Crippen molar-refractivity contribution in [3.8, 4) is 0 Å². The summed E-state index contributed by atoms with van der Waals surface area (Å²) in [6.45, 7) is 4.95. The van der Waals surface area contributed by atoms with Gasteiger partial charge in [-0.1, -0.05) is 12.0 Å². The van der Waals surface area contributed by atoms with E-state index in [1.807, 2.05) is 0 Å². The van der Waals surface area contributed by atoms with Crippen LogP contribution in [0.3, 0.4) is 0 Å². The highest BCUT2D eigenvalue weighted by Crippen LogP contribution is 2.50. The third kappa shape index (κ3) is 2.11. The fourth-order valence-corrected chi connectivity index (χ4v) is 3.43. The first kappa shape index (κ1) is 10.8. The molecule has 15 heavy (non-hydrogen) atoms. The number of azide groups is 1. The van der Waals surface area contributed by atoms with Crippen LogP contribution >= 0.6 is 0 Å². The van der Waals surface area contributed by atoms with E-state index in [2.05, 4.69) is 23.9 Å². The van der Waals surface area contributed by atoms with Gasteiger partial charge < -0.3 is 4.74 Å². The molecular formula is C11H19N3O. The molecule has 4 heteroatoms. The second kappa shape index (κ2) is 4.03. The molecule has 0 saturated heterocycles. The van der Waals surface area contributed by atoms with Crippen molar-refractivity contribution in [1.82, 2.24) is 0 Å². The minimum Gasteiger partial charge on any atom is -0.378 e. The van der Waals surface area contributed by atoms with Crippen molar-refractivity contribution >= 4 is 0 Å². The van der Waals surface area contributed by atoms with Gasteiger partial charge in [-0.2, -0.15) is 0 Å². The SMILES string of the molecule is CCO[C@@H]1C[C@@H]2C[C@@](C)(N=[N+]=[N-])C[C@@H]2C1. The summed E-state index contributed by atoms with van der Waals surface area (Å²) < 4.78 is 5.66. The molecule has 2 rings (SSSR count). The van der Waals surface area contributed by atoms with E-state index >= 15 is 0 Å². The number of hydrogen-bond donors (Lipinski definition) is 0. The van der Waals surface area contributed by atoms with Gasteiger partial charge in [0.2, 0.25) is 0 Å². The first-order valence-electron chi connectivity index (χ1n) is 5.85. The summed E-state index contributed by atoms with van der Waals surface area (Å²) in [6.07, 6.45) is 4.88. The Morgan fingerprint density at radius 2 is 2.00 bits per heavy atom. The van der Waals surface area contributed by atoms with Crippen LogP contribution in [0.5, 0.6) is 0 Å². The Bertz CT molecular complexity index is 272. The fraction of sp³-hybridized carbons (Fsp3) is 1.00. The van der Waals surface area contributed by atoms with Gasteiger partial charge in [0.1, 0.15) is 0 Å². The van der Waals surface area contributed by atoms with Crippen molar-refractivity contribution < 1.29 is 4.74 Å². The van der Waals surface area contributed by atoms with Crippen molar-refractivity contribution in [1.29, 1.82) is 0 Å². The Kier molecular flexibility index (Phi) is 2.89. The Morgan fingerprint density at radius 3 is 2.47 bits per heavy atom. The number of rotatable bonds is 3. The lowest BCUT2D eigenvalue weighted by Crippen LogP contribution is -2.19. The van der Waals surface area contributed by atoms with E-state index in [9.17, 15) is 0 Å². The smallest absolute Gasteiger partial charge is 0.0580 e. The maximum atomic E-state index is 8.52.